The number of hydrogen-bond acceptors (Lipinski definition) is 4. The fraction of sp³-hybridized carbons (Fsp3) is 0.727. The summed E-state index contributed by atoms with van der Waals surface area (Å²) >= 11 is 0. The number of carbonyl (C=O) groups excluding carboxylic acids is 1. The molecule has 0 spiro atoms. The Bertz CT molecular complexity index is 404. The summed E-state index contributed by atoms with van der Waals surface area (Å²) in [6, 6.07) is 0.350. The van der Waals surface area contributed by atoms with Crippen molar-refractivity contribution in [3.63, 3.8) is 0 Å². The minimum Gasteiger partial charge on any atom is -0.337 e. The first-order chi connectivity index (χ1) is 8.34. The van der Waals surface area contributed by atoms with Crippen LogP contribution in [0.3, 0.4) is 0 Å². The molecule has 2 aliphatic rings. The molecule has 1 amide bonds. The normalized spacial score (nSPS) is 24.5. The molecule has 0 bridgehead atoms. The number of likely N-dealkylation sites (tertiary alicyclic amines) is 1. The Morgan fingerprint density at radius 1 is 1.41 bits per heavy atom. The van der Waals surface area contributed by atoms with Crippen LogP contribution in [-0.4, -0.2) is 52.0 Å². The number of nitrogens with one attached hydrogen (secondary N) is 1. The average Bonchev–Trinajstić information content (AvgIpc) is 3.09. The molecule has 3 heterocycles. The fourth-order valence-electron chi connectivity index (χ4n) is 2.50. The van der Waals surface area contributed by atoms with E-state index in [0.29, 0.717) is 11.7 Å². The summed E-state index contributed by atoms with van der Waals surface area (Å²) in [4.78, 5) is 13.9. The van der Waals surface area contributed by atoms with Crippen LogP contribution < -0.4 is 5.32 Å². The van der Waals surface area contributed by atoms with Gasteiger partial charge in [0.15, 0.2) is 5.69 Å². The topological polar surface area (TPSA) is 63.1 Å². The molecule has 0 saturated carbocycles. The first kappa shape index (κ1) is 10.7. The zero-order chi connectivity index (χ0) is 11.7. The van der Waals surface area contributed by atoms with Gasteiger partial charge in [-0.2, -0.15) is 0 Å². The van der Waals surface area contributed by atoms with Crippen molar-refractivity contribution in [1.29, 1.82) is 0 Å². The molecule has 1 aromatic heterocycles. The summed E-state index contributed by atoms with van der Waals surface area (Å²) in [6.45, 7) is 3.65. The van der Waals surface area contributed by atoms with Gasteiger partial charge in [-0.25, -0.2) is 4.68 Å². The zero-order valence-electron chi connectivity index (χ0n) is 9.80. The maximum Gasteiger partial charge on any atom is 0.276 e. The predicted octanol–water partition coefficient (Wildman–Crippen LogP) is 0.0485. The summed E-state index contributed by atoms with van der Waals surface area (Å²) in [6.07, 6.45) is 5.05. The van der Waals surface area contributed by atoms with Crippen LogP contribution in [0.5, 0.6) is 0 Å². The van der Waals surface area contributed by atoms with Crippen molar-refractivity contribution in [2.24, 2.45) is 0 Å². The van der Waals surface area contributed by atoms with Crippen molar-refractivity contribution in [2.45, 2.75) is 25.3 Å². The van der Waals surface area contributed by atoms with Crippen molar-refractivity contribution in [1.82, 2.24) is 25.2 Å². The summed E-state index contributed by atoms with van der Waals surface area (Å²) in [5, 5.41) is 11.3. The number of nitrogens with zero attached hydrogens (tertiary/aromatic N) is 4. The molecule has 2 fully saturated rings. The highest BCUT2D eigenvalue weighted by Gasteiger charge is 2.24. The van der Waals surface area contributed by atoms with E-state index < -0.39 is 0 Å². The van der Waals surface area contributed by atoms with Gasteiger partial charge in [-0.1, -0.05) is 5.21 Å². The molecule has 0 aliphatic carbocycles. The summed E-state index contributed by atoms with van der Waals surface area (Å²) in [5.74, 6) is 0.0275. The van der Waals surface area contributed by atoms with E-state index in [1.54, 1.807) is 6.20 Å². The van der Waals surface area contributed by atoms with E-state index in [1.807, 2.05) is 9.58 Å². The summed E-state index contributed by atoms with van der Waals surface area (Å²) in [7, 11) is 0. The van der Waals surface area contributed by atoms with E-state index in [9.17, 15) is 4.79 Å². The predicted molar refractivity (Wildman–Crippen MR) is 61.7 cm³/mol. The molecule has 3 rings (SSSR count). The van der Waals surface area contributed by atoms with Crippen LogP contribution in [0.4, 0.5) is 0 Å². The Morgan fingerprint density at radius 3 is 2.94 bits per heavy atom. The molecule has 0 aromatic carbocycles. The number of aromatic nitrogens is 3. The molecule has 1 aromatic rings. The van der Waals surface area contributed by atoms with Crippen molar-refractivity contribution >= 4 is 5.91 Å². The van der Waals surface area contributed by atoms with E-state index in [2.05, 4.69) is 15.6 Å². The molecule has 2 aliphatic heterocycles. The molecule has 1 N–H and O–H groups in total. The Hall–Kier alpha value is -1.43. The Balaban J connectivity index is 1.72. The van der Waals surface area contributed by atoms with Crippen molar-refractivity contribution in [3.8, 4) is 0 Å². The van der Waals surface area contributed by atoms with Gasteiger partial charge in [0.2, 0.25) is 0 Å². The molecule has 1 atom stereocenters. The first-order valence-corrected chi connectivity index (χ1v) is 6.26. The lowest BCUT2D eigenvalue weighted by molar-refractivity contribution is 0.0787. The third-order valence-electron chi connectivity index (χ3n) is 3.53. The molecule has 0 radical (unpaired) electrons. The third-order valence-corrected chi connectivity index (χ3v) is 3.53. The van der Waals surface area contributed by atoms with Gasteiger partial charge in [0.25, 0.3) is 5.91 Å². The molecular weight excluding hydrogens is 218 g/mol. The van der Waals surface area contributed by atoms with Crippen LogP contribution in [0.15, 0.2) is 6.20 Å². The molecule has 6 heteroatoms. The van der Waals surface area contributed by atoms with Gasteiger partial charge in [-0.3, -0.25) is 4.79 Å². The molecule has 6 nitrogen and oxygen atoms in total. The van der Waals surface area contributed by atoms with Gasteiger partial charge in [-0.15, -0.1) is 5.10 Å². The molecule has 2 saturated heterocycles. The van der Waals surface area contributed by atoms with E-state index in [-0.39, 0.29) is 5.91 Å². The highest BCUT2D eigenvalue weighted by atomic mass is 16.2. The van der Waals surface area contributed by atoms with E-state index in [0.717, 1.165) is 45.4 Å². The fourth-order valence-corrected chi connectivity index (χ4v) is 2.50. The monoisotopic (exact) mass is 235 g/mol. The van der Waals surface area contributed by atoms with Crippen molar-refractivity contribution in [3.05, 3.63) is 11.9 Å². The Kier molecular flexibility index (Phi) is 2.80. The highest BCUT2D eigenvalue weighted by Crippen LogP contribution is 2.15. The van der Waals surface area contributed by atoms with Gasteiger partial charge in [0.1, 0.15) is 0 Å². The summed E-state index contributed by atoms with van der Waals surface area (Å²) < 4.78 is 1.82. The van der Waals surface area contributed by atoms with Gasteiger partial charge in [0.05, 0.1) is 12.2 Å². The number of amides is 1. The van der Waals surface area contributed by atoms with E-state index >= 15 is 0 Å². The lowest BCUT2D eigenvalue weighted by Gasteiger charge is -2.12. The number of carbonyl (C=O) groups is 1. The molecule has 17 heavy (non-hydrogen) atoms. The SMILES string of the molecule is O=C(c1cn([C@@H]2CCNC2)nn1)N1CCCC1. The Labute approximate surface area is 100.0 Å². The van der Waals surface area contributed by atoms with Crippen LogP contribution in [0.2, 0.25) is 0 Å². The standard InChI is InChI=1S/C11H17N5O/c17-11(15-5-1-2-6-15)10-8-16(14-13-10)9-3-4-12-7-9/h8-9,12H,1-7H2/t9-/m1/s1. The van der Waals surface area contributed by atoms with Crippen LogP contribution in [-0.2, 0) is 0 Å². The smallest absolute Gasteiger partial charge is 0.276 e. The van der Waals surface area contributed by atoms with Gasteiger partial charge in [0, 0.05) is 19.6 Å². The van der Waals surface area contributed by atoms with E-state index in [1.165, 1.54) is 0 Å². The van der Waals surface area contributed by atoms with Crippen molar-refractivity contribution in [2.75, 3.05) is 26.2 Å². The van der Waals surface area contributed by atoms with Crippen LogP contribution in [0.1, 0.15) is 35.8 Å². The van der Waals surface area contributed by atoms with Gasteiger partial charge in [-0.05, 0) is 25.8 Å². The second kappa shape index (κ2) is 4.44. The first-order valence-electron chi connectivity index (χ1n) is 6.26. The quantitative estimate of drug-likeness (QED) is 0.786. The van der Waals surface area contributed by atoms with Gasteiger partial charge >= 0.3 is 0 Å². The van der Waals surface area contributed by atoms with Crippen LogP contribution >= 0.6 is 0 Å². The lowest BCUT2D eigenvalue weighted by atomic mass is 10.3. The largest absolute Gasteiger partial charge is 0.337 e. The number of hydrogen-bond donors (Lipinski definition) is 1. The number of rotatable bonds is 2. The van der Waals surface area contributed by atoms with Gasteiger partial charge < -0.3 is 10.2 Å². The average molecular weight is 235 g/mol. The second-order valence-electron chi connectivity index (χ2n) is 4.73. The molecule has 92 valence electrons. The van der Waals surface area contributed by atoms with Crippen LogP contribution in [0.25, 0.3) is 0 Å². The highest BCUT2D eigenvalue weighted by molar-refractivity contribution is 5.92. The minimum absolute atomic E-state index is 0.0275. The third kappa shape index (κ3) is 2.04. The zero-order valence-corrected chi connectivity index (χ0v) is 9.80. The maximum atomic E-state index is 12.1. The van der Waals surface area contributed by atoms with E-state index in [4.69, 9.17) is 0 Å². The lowest BCUT2D eigenvalue weighted by Crippen LogP contribution is -2.27. The maximum absolute atomic E-state index is 12.1. The minimum atomic E-state index is 0.0275. The van der Waals surface area contributed by atoms with Crippen molar-refractivity contribution < 1.29 is 4.79 Å². The summed E-state index contributed by atoms with van der Waals surface area (Å²) in [5.41, 5.74) is 0.485. The van der Waals surface area contributed by atoms with Crippen LogP contribution in [0, 0.1) is 0 Å². The Morgan fingerprint density at radius 2 is 2.24 bits per heavy atom. The second-order valence-corrected chi connectivity index (χ2v) is 4.73. The molecular formula is C11H17N5O. The molecule has 0 unspecified atom stereocenters.